The quantitative estimate of drug-likeness (QED) is 0.266. The molecule has 0 aliphatic heterocycles. The number of halogens is 2. The zero-order valence-corrected chi connectivity index (χ0v) is 21.0. The van der Waals surface area contributed by atoms with Crippen LogP contribution in [0.25, 0.3) is 22.2 Å². The minimum Gasteiger partial charge on any atom is -0.495 e. The first kappa shape index (κ1) is 25.4. The number of benzene rings is 2. The molecule has 4 aromatic rings. The van der Waals surface area contributed by atoms with Crippen molar-refractivity contribution >= 4 is 50.1 Å². The Morgan fingerprint density at radius 1 is 1.11 bits per heavy atom. The maximum Gasteiger partial charge on any atom is 0.265 e. The summed E-state index contributed by atoms with van der Waals surface area (Å²) in [5.41, 5.74) is 0.744. The molecule has 0 unspecified atom stereocenters. The van der Waals surface area contributed by atoms with Crippen LogP contribution >= 0.6 is 11.6 Å². The molecular formula is C23H22ClFN6O4S. The molecule has 188 valence electrons. The van der Waals surface area contributed by atoms with Crippen LogP contribution in [0.1, 0.15) is 5.56 Å². The fraction of sp³-hybridized carbons (Fsp3) is 0.174. The van der Waals surface area contributed by atoms with E-state index < -0.39 is 22.4 Å². The smallest absolute Gasteiger partial charge is 0.265 e. The van der Waals surface area contributed by atoms with E-state index in [0.29, 0.717) is 28.4 Å². The van der Waals surface area contributed by atoms with Gasteiger partial charge >= 0.3 is 0 Å². The van der Waals surface area contributed by atoms with E-state index in [-0.39, 0.29) is 32.5 Å². The molecule has 0 aliphatic rings. The average Bonchev–Trinajstić information content (AvgIpc) is 2.88. The summed E-state index contributed by atoms with van der Waals surface area (Å²) in [5, 5.41) is 16.0. The van der Waals surface area contributed by atoms with Crippen LogP contribution in [0, 0.1) is 5.82 Å². The van der Waals surface area contributed by atoms with Crippen LogP contribution < -0.4 is 20.1 Å². The van der Waals surface area contributed by atoms with Crippen LogP contribution in [0.5, 0.6) is 5.75 Å². The number of ether oxygens (including phenoxy) is 1. The Morgan fingerprint density at radius 3 is 2.56 bits per heavy atom. The van der Waals surface area contributed by atoms with Gasteiger partial charge in [0, 0.05) is 47.4 Å². The van der Waals surface area contributed by atoms with Gasteiger partial charge in [-0.1, -0.05) is 23.7 Å². The fourth-order valence-corrected chi connectivity index (χ4v) is 5.27. The van der Waals surface area contributed by atoms with Gasteiger partial charge in [0.2, 0.25) is 5.95 Å². The summed E-state index contributed by atoms with van der Waals surface area (Å²) >= 11 is 6.04. The van der Waals surface area contributed by atoms with Gasteiger partial charge in [-0.25, -0.2) is 22.8 Å². The molecule has 0 amide bonds. The number of anilines is 3. The standard InChI is InChI=1S/C23H22ClFN6O4S/c1-26-22-16(8-12-10-28-23(27-2)30-21(12)29-22)15-5-4-6-17(19(15)25)31-36(33,34)18-9-14(24)7-13(11-32)20(18)35-3/h4-10,31-32H,11H2,1-3H3,(H2,26,27,28,29,30). The van der Waals surface area contributed by atoms with Crippen molar-refractivity contribution < 1.29 is 22.7 Å². The van der Waals surface area contributed by atoms with Crippen LogP contribution in [0.15, 0.2) is 47.5 Å². The molecule has 13 heteroatoms. The Morgan fingerprint density at radius 2 is 1.89 bits per heavy atom. The number of sulfonamides is 1. The molecule has 0 atom stereocenters. The van der Waals surface area contributed by atoms with Gasteiger partial charge in [0.15, 0.2) is 11.5 Å². The van der Waals surface area contributed by atoms with Gasteiger partial charge in [0.05, 0.1) is 19.4 Å². The van der Waals surface area contributed by atoms with Gasteiger partial charge in [-0.05, 0) is 24.3 Å². The van der Waals surface area contributed by atoms with Crippen LogP contribution in [-0.2, 0) is 16.6 Å². The van der Waals surface area contributed by atoms with Crippen LogP contribution in [0.2, 0.25) is 5.02 Å². The molecule has 0 aliphatic carbocycles. The number of rotatable bonds is 8. The van der Waals surface area contributed by atoms with E-state index in [2.05, 4.69) is 30.3 Å². The van der Waals surface area contributed by atoms with E-state index in [9.17, 15) is 13.5 Å². The van der Waals surface area contributed by atoms with Crippen molar-refractivity contribution in [3.05, 3.63) is 59.0 Å². The SMILES string of the molecule is CNc1ncc2cc(-c3cccc(NS(=O)(=O)c4cc(Cl)cc(CO)c4OC)c3F)c(NC)nc2n1. The van der Waals surface area contributed by atoms with Gasteiger partial charge in [-0.3, -0.25) is 4.72 Å². The summed E-state index contributed by atoms with van der Waals surface area (Å²) in [5.74, 6) is -0.197. The first-order valence-corrected chi connectivity index (χ1v) is 12.4. The second kappa shape index (κ2) is 10.1. The number of hydrogen-bond donors (Lipinski definition) is 4. The normalized spacial score (nSPS) is 11.4. The van der Waals surface area contributed by atoms with E-state index in [4.69, 9.17) is 16.3 Å². The summed E-state index contributed by atoms with van der Waals surface area (Å²) in [4.78, 5) is 12.6. The number of hydrogen-bond acceptors (Lipinski definition) is 9. The Hall–Kier alpha value is -3.74. The molecule has 0 radical (unpaired) electrons. The van der Waals surface area contributed by atoms with Crippen LogP contribution in [0.4, 0.5) is 21.8 Å². The second-order valence-electron chi connectivity index (χ2n) is 7.52. The zero-order chi connectivity index (χ0) is 26.0. The van der Waals surface area contributed by atoms with Crippen molar-refractivity contribution in [3.63, 3.8) is 0 Å². The maximum atomic E-state index is 15.7. The van der Waals surface area contributed by atoms with E-state index in [1.807, 2.05) is 0 Å². The number of nitrogens with zero attached hydrogens (tertiary/aromatic N) is 3. The van der Waals surface area contributed by atoms with Gasteiger partial charge in [0.1, 0.15) is 16.5 Å². The zero-order valence-electron chi connectivity index (χ0n) is 19.4. The van der Waals surface area contributed by atoms with Crippen LogP contribution in [-0.4, -0.2) is 49.7 Å². The molecule has 2 aromatic heterocycles. The minimum atomic E-state index is -4.36. The Bertz CT molecular complexity index is 1570. The molecule has 2 aromatic carbocycles. The number of pyridine rings is 1. The largest absolute Gasteiger partial charge is 0.495 e. The molecule has 4 rings (SSSR count). The Balaban J connectivity index is 1.81. The van der Waals surface area contributed by atoms with E-state index >= 15 is 4.39 Å². The lowest BCUT2D eigenvalue weighted by molar-refractivity contribution is 0.272. The molecule has 10 nitrogen and oxygen atoms in total. The van der Waals surface area contributed by atoms with Crippen molar-refractivity contribution in [3.8, 4) is 16.9 Å². The van der Waals surface area contributed by atoms with E-state index in [1.165, 1.54) is 31.4 Å². The Labute approximate surface area is 211 Å². The lowest BCUT2D eigenvalue weighted by Gasteiger charge is -2.16. The van der Waals surface area contributed by atoms with Crippen LogP contribution in [0.3, 0.4) is 0 Å². The monoisotopic (exact) mass is 532 g/mol. The van der Waals surface area contributed by atoms with Crippen molar-refractivity contribution in [1.82, 2.24) is 15.0 Å². The highest BCUT2D eigenvalue weighted by atomic mass is 35.5. The summed E-state index contributed by atoms with van der Waals surface area (Å²) in [6.45, 7) is -0.503. The highest BCUT2D eigenvalue weighted by Crippen LogP contribution is 2.36. The highest BCUT2D eigenvalue weighted by molar-refractivity contribution is 7.92. The molecule has 0 saturated heterocycles. The van der Waals surface area contributed by atoms with Gasteiger partial charge in [-0.2, -0.15) is 4.98 Å². The lowest BCUT2D eigenvalue weighted by Crippen LogP contribution is -2.16. The molecule has 0 fully saturated rings. The fourth-order valence-electron chi connectivity index (χ4n) is 3.67. The van der Waals surface area contributed by atoms with Gasteiger partial charge < -0.3 is 20.5 Å². The van der Waals surface area contributed by atoms with Crippen molar-refractivity contribution in [2.75, 3.05) is 36.6 Å². The third-order valence-corrected chi connectivity index (χ3v) is 6.91. The number of nitrogens with one attached hydrogen (secondary N) is 3. The molecule has 36 heavy (non-hydrogen) atoms. The number of aliphatic hydroxyl groups is 1. The first-order valence-electron chi connectivity index (χ1n) is 10.5. The molecule has 4 N–H and O–H groups in total. The lowest BCUT2D eigenvalue weighted by atomic mass is 10.0. The number of fused-ring (bicyclic) bond motifs is 1. The number of aliphatic hydroxyl groups excluding tert-OH is 1. The van der Waals surface area contributed by atoms with Gasteiger partial charge in [0.25, 0.3) is 10.0 Å². The molecule has 2 heterocycles. The first-order chi connectivity index (χ1) is 17.2. The summed E-state index contributed by atoms with van der Waals surface area (Å²) in [6.07, 6.45) is 1.55. The van der Waals surface area contributed by atoms with E-state index in [0.717, 1.165) is 6.07 Å². The summed E-state index contributed by atoms with van der Waals surface area (Å²) in [6, 6.07) is 8.51. The predicted octanol–water partition coefficient (Wildman–Crippen LogP) is 3.87. The second-order valence-corrected chi connectivity index (χ2v) is 9.61. The van der Waals surface area contributed by atoms with Gasteiger partial charge in [-0.15, -0.1) is 0 Å². The van der Waals surface area contributed by atoms with Crippen molar-refractivity contribution in [1.29, 1.82) is 0 Å². The average molecular weight is 533 g/mol. The van der Waals surface area contributed by atoms with Crippen molar-refractivity contribution in [2.45, 2.75) is 11.5 Å². The Kier molecular flexibility index (Phi) is 7.11. The molecule has 0 bridgehead atoms. The maximum absolute atomic E-state index is 15.7. The third kappa shape index (κ3) is 4.70. The number of methoxy groups -OCH3 is 1. The minimum absolute atomic E-state index is 0.0685. The van der Waals surface area contributed by atoms with E-state index in [1.54, 1.807) is 26.4 Å². The predicted molar refractivity (Wildman–Crippen MR) is 137 cm³/mol. The summed E-state index contributed by atoms with van der Waals surface area (Å²) in [7, 11) is 0.214. The topological polar surface area (TPSA) is 138 Å². The molecule has 0 saturated carbocycles. The number of aromatic nitrogens is 3. The van der Waals surface area contributed by atoms with Crippen molar-refractivity contribution in [2.24, 2.45) is 0 Å². The summed E-state index contributed by atoms with van der Waals surface area (Å²) < 4.78 is 49.6. The molecular weight excluding hydrogens is 511 g/mol. The molecule has 0 spiro atoms. The highest BCUT2D eigenvalue weighted by Gasteiger charge is 2.25. The third-order valence-electron chi connectivity index (χ3n) is 5.32.